The summed E-state index contributed by atoms with van der Waals surface area (Å²) in [4.78, 5) is 13.8. The predicted molar refractivity (Wildman–Crippen MR) is 98.2 cm³/mol. The number of amides is 1. The van der Waals surface area contributed by atoms with Crippen LogP contribution in [0.4, 0.5) is 19.3 Å². The van der Waals surface area contributed by atoms with E-state index >= 15 is 0 Å². The Labute approximate surface area is 163 Å². The van der Waals surface area contributed by atoms with Gasteiger partial charge in [-0.1, -0.05) is 0 Å². The molecule has 1 amide bonds. The first-order chi connectivity index (χ1) is 13.1. The van der Waals surface area contributed by atoms with E-state index in [4.69, 9.17) is 18.9 Å². The predicted octanol–water partition coefficient (Wildman–Crippen LogP) is 3.66. The van der Waals surface area contributed by atoms with E-state index in [1.807, 2.05) is 0 Å². The van der Waals surface area contributed by atoms with E-state index in [-0.39, 0.29) is 36.6 Å². The van der Waals surface area contributed by atoms with Gasteiger partial charge in [0.1, 0.15) is 23.3 Å². The third-order valence-electron chi connectivity index (χ3n) is 4.74. The Kier molecular flexibility index (Phi) is 5.93. The standard InChI is InChI=1S/C20H27F2NO5/c1-6-23(19(24)28-20(2,3)4)16-11(7-12(21)9-14(16)22)8-13(15-10-26-15)17-18(25-5)27-17/h7,9,13,15,17-18H,6,8,10H2,1-5H3. The zero-order chi connectivity index (χ0) is 20.6. The molecule has 0 spiro atoms. The Hall–Kier alpha value is -1.77. The normalized spacial score (nSPS) is 24.6. The average Bonchev–Trinajstić information content (AvgIpc) is 3.48. The molecule has 2 fully saturated rings. The molecule has 0 aliphatic carbocycles. The number of carbonyl (C=O) groups excluding carboxylic acids is 1. The van der Waals surface area contributed by atoms with E-state index in [1.54, 1.807) is 34.8 Å². The van der Waals surface area contributed by atoms with Crippen molar-refractivity contribution in [3.05, 3.63) is 29.3 Å². The average molecular weight is 399 g/mol. The molecule has 8 heteroatoms. The molecule has 0 saturated carbocycles. The van der Waals surface area contributed by atoms with Gasteiger partial charge < -0.3 is 18.9 Å². The van der Waals surface area contributed by atoms with Crippen LogP contribution in [0.25, 0.3) is 0 Å². The molecule has 28 heavy (non-hydrogen) atoms. The Morgan fingerprint density at radius 3 is 2.54 bits per heavy atom. The first kappa shape index (κ1) is 21.0. The third-order valence-corrected chi connectivity index (χ3v) is 4.74. The zero-order valence-corrected chi connectivity index (χ0v) is 16.8. The molecule has 0 bridgehead atoms. The summed E-state index contributed by atoms with van der Waals surface area (Å²) in [5.41, 5.74) is -0.339. The fraction of sp³-hybridized carbons (Fsp3) is 0.650. The van der Waals surface area contributed by atoms with Crippen LogP contribution in [0.5, 0.6) is 0 Å². The first-order valence-electron chi connectivity index (χ1n) is 9.43. The lowest BCUT2D eigenvalue weighted by Crippen LogP contribution is -2.38. The fourth-order valence-electron chi connectivity index (χ4n) is 3.39. The minimum Gasteiger partial charge on any atom is -0.443 e. The number of halogens is 2. The second-order valence-corrected chi connectivity index (χ2v) is 8.06. The van der Waals surface area contributed by atoms with Crippen LogP contribution in [0.2, 0.25) is 0 Å². The number of epoxide rings is 2. The van der Waals surface area contributed by atoms with E-state index in [0.29, 0.717) is 18.6 Å². The summed E-state index contributed by atoms with van der Waals surface area (Å²) in [6.07, 6.45) is -0.991. The van der Waals surface area contributed by atoms with Gasteiger partial charge in [0.2, 0.25) is 0 Å². The number of benzene rings is 1. The van der Waals surface area contributed by atoms with Crippen molar-refractivity contribution >= 4 is 11.8 Å². The summed E-state index contributed by atoms with van der Waals surface area (Å²) in [5, 5.41) is 0. The molecule has 0 N–H and O–H groups in total. The third kappa shape index (κ3) is 4.79. The number of hydrogen-bond acceptors (Lipinski definition) is 5. The number of nitrogens with zero attached hydrogens (tertiary/aromatic N) is 1. The van der Waals surface area contributed by atoms with Gasteiger partial charge in [-0.05, 0) is 45.7 Å². The highest BCUT2D eigenvalue weighted by molar-refractivity contribution is 5.89. The Morgan fingerprint density at radius 1 is 1.36 bits per heavy atom. The summed E-state index contributed by atoms with van der Waals surface area (Å²) < 4.78 is 50.3. The monoisotopic (exact) mass is 399 g/mol. The molecule has 6 nitrogen and oxygen atoms in total. The Bertz CT molecular complexity index is 732. The molecule has 2 aliphatic heterocycles. The minimum atomic E-state index is -0.807. The molecule has 1 aromatic carbocycles. The van der Waals surface area contributed by atoms with Crippen LogP contribution in [0.1, 0.15) is 33.3 Å². The van der Waals surface area contributed by atoms with E-state index in [2.05, 4.69) is 0 Å². The smallest absolute Gasteiger partial charge is 0.414 e. The second kappa shape index (κ2) is 7.93. The van der Waals surface area contributed by atoms with Crippen molar-refractivity contribution in [2.45, 2.75) is 58.2 Å². The Balaban J connectivity index is 1.91. The molecule has 1 aromatic rings. The molecular weight excluding hydrogens is 372 g/mol. The van der Waals surface area contributed by atoms with Crippen molar-refractivity contribution in [2.24, 2.45) is 5.92 Å². The maximum Gasteiger partial charge on any atom is 0.414 e. The number of ether oxygens (including phenoxy) is 4. The molecule has 3 rings (SSSR count). The summed E-state index contributed by atoms with van der Waals surface area (Å²) >= 11 is 0. The van der Waals surface area contributed by atoms with Gasteiger partial charge in [-0.15, -0.1) is 0 Å². The van der Waals surface area contributed by atoms with Crippen molar-refractivity contribution in [3.63, 3.8) is 0 Å². The second-order valence-electron chi connectivity index (χ2n) is 8.06. The molecule has 0 radical (unpaired) electrons. The number of methoxy groups -OCH3 is 1. The molecule has 2 heterocycles. The largest absolute Gasteiger partial charge is 0.443 e. The Morgan fingerprint density at radius 2 is 2.04 bits per heavy atom. The van der Waals surface area contributed by atoms with E-state index in [9.17, 15) is 13.6 Å². The van der Waals surface area contributed by atoms with Gasteiger partial charge in [0.15, 0.2) is 6.29 Å². The van der Waals surface area contributed by atoms with Gasteiger partial charge in [-0.2, -0.15) is 0 Å². The van der Waals surface area contributed by atoms with E-state index in [1.165, 1.54) is 11.0 Å². The fourth-order valence-corrected chi connectivity index (χ4v) is 3.39. The lowest BCUT2D eigenvalue weighted by Gasteiger charge is -2.29. The van der Waals surface area contributed by atoms with Crippen molar-refractivity contribution < 1.29 is 32.5 Å². The lowest BCUT2D eigenvalue weighted by molar-refractivity contribution is 0.0580. The molecule has 2 saturated heterocycles. The van der Waals surface area contributed by atoms with Gasteiger partial charge in [0, 0.05) is 25.6 Å². The van der Waals surface area contributed by atoms with Crippen molar-refractivity contribution in [3.8, 4) is 0 Å². The molecule has 4 unspecified atom stereocenters. The number of anilines is 1. The maximum atomic E-state index is 14.8. The first-order valence-corrected chi connectivity index (χ1v) is 9.43. The van der Waals surface area contributed by atoms with Gasteiger partial charge in [-0.25, -0.2) is 13.6 Å². The van der Waals surface area contributed by atoms with Crippen LogP contribution >= 0.6 is 0 Å². The van der Waals surface area contributed by atoms with Crippen LogP contribution in [-0.4, -0.2) is 50.5 Å². The quantitative estimate of drug-likeness (QED) is 0.655. The van der Waals surface area contributed by atoms with Gasteiger partial charge in [0.25, 0.3) is 0 Å². The summed E-state index contributed by atoms with van der Waals surface area (Å²) in [6, 6.07) is 2.03. The minimum absolute atomic E-state index is 0.0263. The highest BCUT2D eigenvalue weighted by Crippen LogP contribution is 2.41. The van der Waals surface area contributed by atoms with E-state index in [0.717, 1.165) is 6.07 Å². The van der Waals surface area contributed by atoms with Crippen LogP contribution in [0.15, 0.2) is 12.1 Å². The van der Waals surface area contributed by atoms with Crippen LogP contribution in [0.3, 0.4) is 0 Å². The summed E-state index contributed by atoms with van der Waals surface area (Å²) in [6.45, 7) is 7.65. The molecule has 156 valence electrons. The number of rotatable bonds is 7. The van der Waals surface area contributed by atoms with Crippen LogP contribution in [-0.2, 0) is 25.4 Å². The summed E-state index contributed by atoms with van der Waals surface area (Å²) in [7, 11) is 1.55. The maximum absolute atomic E-state index is 14.8. The molecule has 0 aromatic heterocycles. The molecule has 4 atom stereocenters. The molecular formula is C20H27F2NO5. The van der Waals surface area contributed by atoms with Gasteiger partial charge >= 0.3 is 6.09 Å². The highest BCUT2D eigenvalue weighted by atomic mass is 19.1. The SMILES string of the molecule is CCN(C(=O)OC(C)(C)C)c1c(F)cc(F)cc1CC(C1CO1)C1OC1OC. The lowest BCUT2D eigenvalue weighted by atomic mass is 9.91. The topological polar surface area (TPSA) is 63.8 Å². The zero-order valence-electron chi connectivity index (χ0n) is 16.8. The highest BCUT2D eigenvalue weighted by Gasteiger charge is 2.52. The van der Waals surface area contributed by atoms with Crippen LogP contribution < -0.4 is 4.90 Å². The van der Waals surface area contributed by atoms with Gasteiger partial charge in [-0.3, -0.25) is 4.90 Å². The molecule has 2 aliphatic rings. The number of hydrogen-bond donors (Lipinski definition) is 0. The van der Waals surface area contributed by atoms with Crippen molar-refractivity contribution in [2.75, 3.05) is 25.2 Å². The van der Waals surface area contributed by atoms with Crippen molar-refractivity contribution in [1.29, 1.82) is 0 Å². The van der Waals surface area contributed by atoms with Crippen molar-refractivity contribution in [1.82, 2.24) is 0 Å². The van der Waals surface area contributed by atoms with Crippen LogP contribution in [0, 0.1) is 17.6 Å². The number of carbonyl (C=O) groups is 1. The summed E-state index contributed by atoms with van der Waals surface area (Å²) in [5.74, 6) is -1.63. The van der Waals surface area contributed by atoms with Gasteiger partial charge in [0.05, 0.1) is 18.4 Å². The van der Waals surface area contributed by atoms with E-state index < -0.39 is 23.3 Å².